The van der Waals surface area contributed by atoms with Gasteiger partial charge >= 0.3 is 5.97 Å². The van der Waals surface area contributed by atoms with Crippen molar-refractivity contribution >= 4 is 35.0 Å². The highest BCUT2D eigenvalue weighted by Gasteiger charge is 2.17. The monoisotopic (exact) mass is 507 g/mol. The third kappa shape index (κ3) is 12.4. The molecule has 10 nitrogen and oxygen atoms in total. The number of ketones is 2. The number of hydrogen-bond donors (Lipinski definition) is 3. The van der Waals surface area contributed by atoms with Crippen molar-refractivity contribution in [1.29, 1.82) is 0 Å². The van der Waals surface area contributed by atoms with Crippen LogP contribution in [0, 0.1) is 11.8 Å². The number of likely N-dealkylation sites (N-methyl/N-ethyl adjacent to an activating group) is 1. The fraction of sp³-hybridized carbons (Fsp3) is 0.577. The number of carbonyl (C=O) groups excluding carboxylic acids is 4. The second-order valence-electron chi connectivity index (χ2n) is 8.55. The number of nitrogens with zero attached hydrogens (tertiary/aromatic N) is 1. The molecule has 1 aromatic rings. The Hall–Kier alpha value is -3.27. The number of hydrogen-bond acceptors (Lipinski definition) is 7. The second-order valence-corrected chi connectivity index (χ2v) is 8.55. The fourth-order valence-electron chi connectivity index (χ4n) is 2.82. The number of aliphatic carboxylic acids is 1. The highest BCUT2D eigenvalue weighted by Crippen LogP contribution is 2.18. The first kappa shape index (κ1) is 32.7. The molecule has 0 aliphatic rings. The zero-order chi connectivity index (χ0) is 27.8. The van der Waals surface area contributed by atoms with Gasteiger partial charge in [-0.15, -0.1) is 0 Å². The second kappa shape index (κ2) is 17.2. The molecule has 0 unspecified atom stereocenters. The summed E-state index contributed by atoms with van der Waals surface area (Å²) in [6, 6.07) is 4.59. The molecule has 0 saturated carbocycles. The number of Topliss-reactive ketones (excluding diaryl/α,β-unsaturated/α-hetero) is 2. The molecule has 0 heterocycles. The minimum atomic E-state index is -1.17. The molecule has 202 valence electrons. The van der Waals surface area contributed by atoms with E-state index in [1.807, 2.05) is 13.8 Å². The predicted molar refractivity (Wildman–Crippen MR) is 138 cm³/mol. The molecule has 0 saturated heterocycles. The molecule has 1 aromatic carbocycles. The predicted octanol–water partition coefficient (Wildman–Crippen LogP) is 2.87. The third-order valence-electron chi connectivity index (χ3n) is 4.90. The lowest BCUT2D eigenvalue weighted by molar-refractivity contribution is -0.136. The lowest BCUT2D eigenvalue weighted by Gasteiger charge is -2.17. The first-order valence-electron chi connectivity index (χ1n) is 12.2. The third-order valence-corrected chi connectivity index (χ3v) is 4.90. The van der Waals surface area contributed by atoms with Gasteiger partial charge in [0.05, 0.1) is 26.2 Å². The van der Waals surface area contributed by atoms with E-state index in [1.165, 1.54) is 17.0 Å². The Balaban J connectivity index is 0.00000596. The van der Waals surface area contributed by atoms with Crippen molar-refractivity contribution in [3.8, 4) is 0 Å². The standard InChI is InChI=1S/C24H35N3O7.C2H6/c1-15(2)20(28)14-27(5)21(29)6-8-34-9-7-25-19-11-17(23(32)16(3)4)10-18(12-19)24(33)26-13-22(30)31;1-2/h10-12,15-16,25H,6-9,13-14H2,1-5H3,(H,26,33)(H,30,31);1-2H3. The molecular weight excluding hydrogens is 466 g/mol. The molecule has 0 radical (unpaired) electrons. The molecule has 3 N–H and O–H groups in total. The topological polar surface area (TPSA) is 142 Å². The number of anilines is 1. The minimum absolute atomic E-state index is 0.00448. The smallest absolute Gasteiger partial charge is 0.322 e. The average molecular weight is 508 g/mol. The summed E-state index contributed by atoms with van der Waals surface area (Å²) in [5.74, 6) is -2.51. The van der Waals surface area contributed by atoms with E-state index >= 15 is 0 Å². The van der Waals surface area contributed by atoms with Crippen LogP contribution in [0.15, 0.2) is 18.2 Å². The highest BCUT2D eigenvalue weighted by atomic mass is 16.5. The van der Waals surface area contributed by atoms with Crippen molar-refractivity contribution in [3.63, 3.8) is 0 Å². The number of nitrogens with one attached hydrogen (secondary N) is 2. The maximum Gasteiger partial charge on any atom is 0.322 e. The van der Waals surface area contributed by atoms with E-state index in [4.69, 9.17) is 9.84 Å². The summed E-state index contributed by atoms with van der Waals surface area (Å²) in [5.41, 5.74) is 1.02. The Morgan fingerprint density at radius 2 is 1.56 bits per heavy atom. The van der Waals surface area contributed by atoms with E-state index in [0.29, 0.717) is 17.8 Å². The van der Waals surface area contributed by atoms with Gasteiger partial charge < -0.3 is 25.4 Å². The summed E-state index contributed by atoms with van der Waals surface area (Å²) < 4.78 is 5.48. The molecule has 0 spiro atoms. The van der Waals surface area contributed by atoms with Crippen molar-refractivity contribution in [2.75, 3.05) is 45.2 Å². The van der Waals surface area contributed by atoms with Crippen molar-refractivity contribution in [2.45, 2.75) is 48.0 Å². The zero-order valence-corrected chi connectivity index (χ0v) is 22.5. The molecular formula is C26H41N3O7. The molecule has 0 atom stereocenters. The Morgan fingerprint density at radius 1 is 0.944 bits per heavy atom. The maximum absolute atomic E-state index is 12.4. The largest absolute Gasteiger partial charge is 0.480 e. The van der Waals surface area contributed by atoms with Gasteiger partial charge in [0.15, 0.2) is 11.6 Å². The summed E-state index contributed by atoms with van der Waals surface area (Å²) in [4.78, 5) is 60.6. The maximum atomic E-state index is 12.4. The van der Waals surface area contributed by atoms with Gasteiger partial charge in [0.1, 0.15) is 6.54 Å². The number of carbonyl (C=O) groups is 5. The number of amides is 2. The summed E-state index contributed by atoms with van der Waals surface area (Å²) in [6.07, 6.45) is 0.147. The number of benzene rings is 1. The molecule has 0 bridgehead atoms. The first-order chi connectivity index (χ1) is 16.9. The summed E-state index contributed by atoms with van der Waals surface area (Å²) in [5, 5.41) is 14.1. The van der Waals surface area contributed by atoms with Crippen molar-refractivity contribution in [1.82, 2.24) is 10.2 Å². The summed E-state index contributed by atoms with van der Waals surface area (Å²) in [7, 11) is 1.58. The van der Waals surface area contributed by atoms with Crippen LogP contribution in [0.3, 0.4) is 0 Å². The Bertz CT molecular complexity index is 898. The van der Waals surface area contributed by atoms with E-state index < -0.39 is 18.4 Å². The Kier molecular flexibility index (Phi) is 15.6. The van der Waals surface area contributed by atoms with Crippen LogP contribution in [0.25, 0.3) is 0 Å². The van der Waals surface area contributed by atoms with Gasteiger partial charge in [-0.05, 0) is 18.2 Å². The Morgan fingerprint density at radius 3 is 2.11 bits per heavy atom. The minimum Gasteiger partial charge on any atom is -0.480 e. The molecule has 0 aliphatic heterocycles. The van der Waals surface area contributed by atoms with Gasteiger partial charge in [0.2, 0.25) is 5.91 Å². The van der Waals surface area contributed by atoms with Crippen LogP contribution in [0.1, 0.15) is 68.7 Å². The molecule has 1 rings (SSSR count). The Labute approximate surface area is 213 Å². The van der Waals surface area contributed by atoms with Crippen LogP contribution in [0.4, 0.5) is 5.69 Å². The molecule has 0 aliphatic carbocycles. The van der Waals surface area contributed by atoms with Gasteiger partial charge in [-0.2, -0.15) is 0 Å². The van der Waals surface area contributed by atoms with Gasteiger partial charge in [-0.25, -0.2) is 0 Å². The van der Waals surface area contributed by atoms with E-state index in [2.05, 4.69) is 10.6 Å². The highest BCUT2D eigenvalue weighted by molar-refractivity contribution is 6.03. The van der Waals surface area contributed by atoms with Crippen molar-refractivity contribution < 1.29 is 33.8 Å². The van der Waals surface area contributed by atoms with Gasteiger partial charge in [-0.1, -0.05) is 41.5 Å². The molecule has 36 heavy (non-hydrogen) atoms. The van der Waals surface area contributed by atoms with Gasteiger partial charge in [0.25, 0.3) is 5.91 Å². The van der Waals surface area contributed by atoms with Gasteiger partial charge in [-0.3, -0.25) is 24.0 Å². The number of carboxylic acids is 1. The van der Waals surface area contributed by atoms with Crippen molar-refractivity contribution in [2.24, 2.45) is 11.8 Å². The quantitative estimate of drug-likeness (QED) is 0.243. The lowest BCUT2D eigenvalue weighted by atomic mass is 9.98. The van der Waals surface area contributed by atoms with Crippen LogP contribution in [0.2, 0.25) is 0 Å². The van der Waals surface area contributed by atoms with E-state index in [9.17, 15) is 24.0 Å². The van der Waals surface area contributed by atoms with Crippen LogP contribution in [-0.4, -0.2) is 79.3 Å². The van der Waals surface area contributed by atoms with E-state index in [1.54, 1.807) is 40.8 Å². The zero-order valence-electron chi connectivity index (χ0n) is 22.5. The van der Waals surface area contributed by atoms with Crippen molar-refractivity contribution in [3.05, 3.63) is 29.3 Å². The van der Waals surface area contributed by atoms with Crippen LogP contribution in [0.5, 0.6) is 0 Å². The fourth-order valence-corrected chi connectivity index (χ4v) is 2.82. The average Bonchev–Trinajstić information content (AvgIpc) is 2.84. The molecule has 0 fully saturated rings. The number of carboxylic acid groups (broad SMARTS) is 1. The molecule has 2 amide bonds. The van der Waals surface area contributed by atoms with Crippen LogP contribution < -0.4 is 10.6 Å². The molecule has 0 aromatic heterocycles. The molecule has 10 heteroatoms. The van der Waals surface area contributed by atoms with Crippen LogP contribution in [-0.2, 0) is 19.1 Å². The summed E-state index contributed by atoms with van der Waals surface area (Å²) >= 11 is 0. The van der Waals surface area contributed by atoms with E-state index in [-0.39, 0.29) is 61.1 Å². The first-order valence-corrected chi connectivity index (χ1v) is 12.2. The van der Waals surface area contributed by atoms with E-state index in [0.717, 1.165) is 0 Å². The summed E-state index contributed by atoms with van der Waals surface area (Å²) in [6.45, 7) is 11.4. The van der Waals surface area contributed by atoms with Gasteiger partial charge in [0, 0.05) is 42.2 Å². The SMILES string of the molecule is CC.CC(C)C(=O)CN(C)C(=O)CCOCCNc1cc(C(=O)NCC(=O)O)cc(C(=O)C(C)C)c1. The number of ether oxygens (including phenoxy) is 1. The lowest BCUT2D eigenvalue weighted by Crippen LogP contribution is -2.34. The normalized spacial score (nSPS) is 10.4. The van der Waals surface area contributed by atoms with Crippen LogP contribution >= 0.6 is 0 Å². The number of rotatable bonds is 15.